The Kier molecular flexibility index (Phi) is 5.85. The van der Waals surface area contributed by atoms with Crippen molar-refractivity contribution >= 4 is 22.4 Å². The lowest BCUT2D eigenvalue weighted by atomic mass is 10.1. The number of benzene rings is 1. The molecular formula is C12H18ClN5O2S. The van der Waals surface area contributed by atoms with Gasteiger partial charge in [0, 0.05) is 19.6 Å². The smallest absolute Gasteiger partial charge is 0.259 e. The molecular weight excluding hydrogens is 314 g/mol. The molecule has 0 aliphatic heterocycles. The minimum Gasteiger partial charge on any atom is -0.324 e. The SMILES string of the molecule is CC(N)c1ccc(CNS(=O)(=O)c2cnnn2C)cc1.Cl. The first-order chi connectivity index (χ1) is 9.40. The number of aryl methyl sites for hydroxylation is 1. The number of nitrogens with zero attached hydrogens (tertiary/aromatic N) is 3. The normalized spacial score (nSPS) is 12.7. The highest BCUT2D eigenvalue weighted by atomic mass is 35.5. The van der Waals surface area contributed by atoms with Gasteiger partial charge in [0.2, 0.25) is 0 Å². The van der Waals surface area contributed by atoms with Gasteiger partial charge in [-0.3, -0.25) is 0 Å². The van der Waals surface area contributed by atoms with Crippen molar-refractivity contribution in [2.75, 3.05) is 0 Å². The summed E-state index contributed by atoms with van der Waals surface area (Å²) in [6, 6.07) is 7.44. The number of hydrogen-bond donors (Lipinski definition) is 2. The van der Waals surface area contributed by atoms with E-state index in [1.165, 1.54) is 17.9 Å². The molecule has 0 aliphatic carbocycles. The van der Waals surface area contributed by atoms with Gasteiger partial charge in [-0.1, -0.05) is 29.5 Å². The van der Waals surface area contributed by atoms with Crippen molar-refractivity contribution in [2.24, 2.45) is 12.8 Å². The van der Waals surface area contributed by atoms with Crippen LogP contribution in [0, 0.1) is 0 Å². The summed E-state index contributed by atoms with van der Waals surface area (Å²) in [6.45, 7) is 2.10. The summed E-state index contributed by atoms with van der Waals surface area (Å²) in [5.41, 5.74) is 7.62. The fourth-order valence-corrected chi connectivity index (χ4v) is 2.79. The lowest BCUT2D eigenvalue weighted by Crippen LogP contribution is -2.25. The second-order valence-electron chi connectivity index (χ2n) is 4.55. The lowest BCUT2D eigenvalue weighted by molar-refractivity contribution is 0.560. The Morgan fingerprint density at radius 2 is 1.95 bits per heavy atom. The zero-order valence-corrected chi connectivity index (χ0v) is 13.4. The van der Waals surface area contributed by atoms with E-state index in [9.17, 15) is 8.42 Å². The average molecular weight is 332 g/mol. The van der Waals surface area contributed by atoms with Gasteiger partial charge in [-0.2, -0.15) is 0 Å². The number of aromatic nitrogens is 3. The Morgan fingerprint density at radius 3 is 2.43 bits per heavy atom. The van der Waals surface area contributed by atoms with Crippen LogP contribution in [0.2, 0.25) is 0 Å². The summed E-state index contributed by atoms with van der Waals surface area (Å²) in [6.07, 6.45) is 1.21. The van der Waals surface area contributed by atoms with E-state index in [0.717, 1.165) is 11.1 Å². The minimum atomic E-state index is -3.61. The van der Waals surface area contributed by atoms with Crippen molar-refractivity contribution in [3.63, 3.8) is 0 Å². The molecule has 21 heavy (non-hydrogen) atoms. The fraction of sp³-hybridized carbons (Fsp3) is 0.333. The summed E-state index contributed by atoms with van der Waals surface area (Å²) in [5, 5.41) is 7.19. The van der Waals surface area contributed by atoms with E-state index in [1.54, 1.807) is 0 Å². The monoisotopic (exact) mass is 331 g/mol. The van der Waals surface area contributed by atoms with E-state index in [-0.39, 0.29) is 30.0 Å². The molecule has 0 saturated heterocycles. The van der Waals surface area contributed by atoms with Gasteiger partial charge in [0.05, 0.1) is 6.20 Å². The van der Waals surface area contributed by atoms with E-state index in [2.05, 4.69) is 15.0 Å². The highest BCUT2D eigenvalue weighted by molar-refractivity contribution is 7.89. The number of rotatable bonds is 5. The molecule has 2 aromatic rings. The predicted octanol–water partition coefficient (Wildman–Crippen LogP) is 0.735. The first-order valence-corrected chi connectivity index (χ1v) is 7.57. The molecule has 1 atom stereocenters. The van der Waals surface area contributed by atoms with Crippen LogP contribution >= 0.6 is 12.4 Å². The van der Waals surface area contributed by atoms with Crippen molar-refractivity contribution in [1.29, 1.82) is 0 Å². The van der Waals surface area contributed by atoms with Crippen LogP contribution in [0.1, 0.15) is 24.1 Å². The topological polar surface area (TPSA) is 103 Å². The van der Waals surface area contributed by atoms with Gasteiger partial charge in [-0.15, -0.1) is 17.5 Å². The molecule has 3 N–H and O–H groups in total. The molecule has 116 valence electrons. The third-order valence-electron chi connectivity index (χ3n) is 2.92. The molecule has 0 aliphatic rings. The number of sulfonamides is 1. The molecule has 0 amide bonds. The van der Waals surface area contributed by atoms with Gasteiger partial charge in [0.1, 0.15) is 0 Å². The highest BCUT2D eigenvalue weighted by Gasteiger charge is 2.18. The van der Waals surface area contributed by atoms with Gasteiger partial charge in [-0.05, 0) is 18.1 Å². The summed E-state index contributed by atoms with van der Waals surface area (Å²) in [4.78, 5) is 0. The molecule has 1 aromatic heterocycles. The van der Waals surface area contributed by atoms with E-state index in [0.29, 0.717) is 0 Å². The van der Waals surface area contributed by atoms with Gasteiger partial charge in [0.15, 0.2) is 5.03 Å². The van der Waals surface area contributed by atoms with Crippen LogP contribution in [0.25, 0.3) is 0 Å². The van der Waals surface area contributed by atoms with Crippen LogP contribution in [0.3, 0.4) is 0 Å². The number of hydrogen-bond acceptors (Lipinski definition) is 5. The van der Waals surface area contributed by atoms with Crippen LogP contribution < -0.4 is 10.5 Å². The minimum absolute atomic E-state index is 0. The van der Waals surface area contributed by atoms with Crippen molar-refractivity contribution < 1.29 is 8.42 Å². The van der Waals surface area contributed by atoms with Crippen molar-refractivity contribution in [1.82, 2.24) is 19.7 Å². The maximum absolute atomic E-state index is 12.0. The third-order valence-corrected chi connectivity index (χ3v) is 4.36. The van der Waals surface area contributed by atoms with Gasteiger partial charge in [0.25, 0.3) is 10.0 Å². The molecule has 1 unspecified atom stereocenters. The standard InChI is InChI=1S/C12H17N5O2S.ClH/c1-9(13)11-5-3-10(4-6-11)7-15-20(18,19)12-8-14-16-17(12)2;/h3-6,8-9,15H,7,13H2,1-2H3;1H. The molecule has 0 saturated carbocycles. The summed E-state index contributed by atoms with van der Waals surface area (Å²) >= 11 is 0. The molecule has 9 heteroatoms. The van der Waals surface area contributed by atoms with E-state index < -0.39 is 10.0 Å². The Labute approximate surface area is 130 Å². The second kappa shape index (κ2) is 6.99. The molecule has 0 bridgehead atoms. The fourth-order valence-electron chi connectivity index (χ4n) is 1.71. The maximum atomic E-state index is 12.0. The molecule has 0 radical (unpaired) electrons. The third kappa shape index (κ3) is 4.24. The molecule has 0 spiro atoms. The van der Waals surface area contributed by atoms with Crippen LogP contribution in [0.5, 0.6) is 0 Å². The van der Waals surface area contributed by atoms with Crippen molar-refractivity contribution in [3.05, 3.63) is 41.6 Å². The molecule has 7 nitrogen and oxygen atoms in total. The van der Waals surface area contributed by atoms with Gasteiger partial charge in [-0.25, -0.2) is 17.8 Å². The zero-order valence-electron chi connectivity index (χ0n) is 11.7. The van der Waals surface area contributed by atoms with Gasteiger partial charge >= 0.3 is 0 Å². The number of nitrogens with one attached hydrogen (secondary N) is 1. The van der Waals surface area contributed by atoms with E-state index in [4.69, 9.17) is 5.73 Å². The van der Waals surface area contributed by atoms with Crippen LogP contribution in [-0.4, -0.2) is 23.4 Å². The molecule has 0 fully saturated rings. The van der Waals surface area contributed by atoms with Gasteiger partial charge < -0.3 is 5.73 Å². The highest BCUT2D eigenvalue weighted by Crippen LogP contribution is 2.11. The lowest BCUT2D eigenvalue weighted by Gasteiger charge is -2.08. The van der Waals surface area contributed by atoms with E-state index in [1.807, 2.05) is 31.2 Å². The largest absolute Gasteiger partial charge is 0.324 e. The average Bonchev–Trinajstić information content (AvgIpc) is 2.84. The van der Waals surface area contributed by atoms with Crippen LogP contribution in [-0.2, 0) is 23.6 Å². The Balaban J connectivity index is 0.00000220. The second-order valence-corrected chi connectivity index (χ2v) is 6.26. The Bertz CT molecular complexity index is 682. The predicted molar refractivity (Wildman–Crippen MR) is 81.3 cm³/mol. The van der Waals surface area contributed by atoms with Crippen molar-refractivity contribution in [3.8, 4) is 0 Å². The molecule has 1 heterocycles. The first kappa shape index (κ1) is 17.6. The number of nitrogens with two attached hydrogens (primary N) is 1. The maximum Gasteiger partial charge on any atom is 0.259 e. The van der Waals surface area contributed by atoms with Crippen LogP contribution in [0.4, 0.5) is 0 Å². The Hall–Kier alpha value is -1.48. The number of halogens is 1. The zero-order chi connectivity index (χ0) is 14.8. The summed E-state index contributed by atoms with van der Waals surface area (Å²) < 4.78 is 27.8. The Morgan fingerprint density at radius 1 is 1.33 bits per heavy atom. The summed E-state index contributed by atoms with van der Waals surface area (Å²) in [5.74, 6) is 0. The van der Waals surface area contributed by atoms with Crippen molar-refractivity contribution in [2.45, 2.75) is 24.5 Å². The first-order valence-electron chi connectivity index (χ1n) is 6.09. The molecule has 1 aromatic carbocycles. The van der Waals surface area contributed by atoms with Crippen LogP contribution in [0.15, 0.2) is 35.5 Å². The molecule has 2 rings (SSSR count). The quantitative estimate of drug-likeness (QED) is 0.841. The van der Waals surface area contributed by atoms with E-state index >= 15 is 0 Å². The summed E-state index contributed by atoms with van der Waals surface area (Å²) in [7, 11) is -2.08.